The molecule has 0 bridgehead atoms. The molecule has 2 heterocycles. The first-order valence-electron chi connectivity index (χ1n) is 9.08. The van der Waals surface area contributed by atoms with Crippen molar-refractivity contribution >= 4 is 22.9 Å². The van der Waals surface area contributed by atoms with Gasteiger partial charge in [0, 0.05) is 0 Å². The number of imidazole rings is 1. The van der Waals surface area contributed by atoms with Crippen molar-refractivity contribution in [3.8, 4) is 5.75 Å². The second kappa shape index (κ2) is 8.13. The predicted molar refractivity (Wildman–Crippen MR) is 103 cm³/mol. The fourth-order valence-corrected chi connectivity index (χ4v) is 2.99. The molecule has 1 N–H and O–H groups in total. The van der Waals surface area contributed by atoms with Crippen LogP contribution in [0.1, 0.15) is 11.3 Å². The van der Waals surface area contributed by atoms with Crippen LogP contribution < -0.4 is 10.1 Å². The molecule has 0 spiro atoms. The van der Waals surface area contributed by atoms with Crippen molar-refractivity contribution in [2.45, 2.75) is 12.7 Å². The largest absolute Gasteiger partial charge is 0.481 e. The average Bonchev–Trinajstić information content (AvgIpc) is 3.35. The fourth-order valence-electron chi connectivity index (χ4n) is 2.99. The Hall–Kier alpha value is -3.82. The van der Waals surface area contributed by atoms with E-state index in [1.54, 1.807) is 18.2 Å². The summed E-state index contributed by atoms with van der Waals surface area (Å²) >= 11 is 0. The van der Waals surface area contributed by atoms with Gasteiger partial charge in [-0.15, -0.1) is 0 Å². The summed E-state index contributed by atoms with van der Waals surface area (Å²) in [5, 5.41) is 2.50. The number of carbonyl (C=O) groups is 1. The number of aromatic nitrogens is 2. The number of nitrogens with one attached hydrogen (secondary N) is 1. The van der Waals surface area contributed by atoms with Gasteiger partial charge in [-0.2, -0.15) is 13.2 Å². The molecule has 4 rings (SSSR count). The van der Waals surface area contributed by atoms with Crippen LogP contribution in [0, 0.1) is 5.82 Å². The lowest BCUT2D eigenvalue weighted by molar-refractivity contribution is -0.137. The lowest BCUT2D eigenvalue weighted by Crippen LogP contribution is -2.22. The van der Waals surface area contributed by atoms with E-state index in [2.05, 4.69) is 10.3 Å². The Labute approximate surface area is 173 Å². The van der Waals surface area contributed by atoms with Crippen LogP contribution in [0.25, 0.3) is 11.0 Å². The highest BCUT2D eigenvalue weighted by atomic mass is 19.4. The summed E-state index contributed by atoms with van der Waals surface area (Å²) in [6, 6.07) is 12.1. The third kappa shape index (κ3) is 4.52. The van der Waals surface area contributed by atoms with Crippen molar-refractivity contribution in [3.63, 3.8) is 0 Å². The molecule has 0 aliphatic rings. The number of para-hydroxylation sites is 1. The van der Waals surface area contributed by atoms with Crippen LogP contribution >= 0.6 is 0 Å². The SMILES string of the molecule is O=C(COc1ccccc1F)Nc1nc2cc(C(F)(F)F)ccc2n1Cc1ccco1. The van der Waals surface area contributed by atoms with E-state index in [-0.39, 0.29) is 23.8 Å². The maximum atomic E-state index is 13.6. The number of halogens is 4. The number of hydrogen-bond donors (Lipinski definition) is 1. The third-order valence-electron chi connectivity index (χ3n) is 4.42. The van der Waals surface area contributed by atoms with Crippen molar-refractivity contribution in [2.75, 3.05) is 11.9 Å². The minimum Gasteiger partial charge on any atom is -0.481 e. The van der Waals surface area contributed by atoms with E-state index in [1.165, 1.54) is 35.1 Å². The molecule has 6 nitrogen and oxygen atoms in total. The molecular weight excluding hydrogens is 418 g/mol. The monoisotopic (exact) mass is 433 g/mol. The number of hydrogen-bond acceptors (Lipinski definition) is 4. The normalized spacial score (nSPS) is 11.6. The first-order valence-corrected chi connectivity index (χ1v) is 9.08. The number of alkyl halides is 3. The maximum Gasteiger partial charge on any atom is 0.416 e. The highest BCUT2D eigenvalue weighted by molar-refractivity contribution is 5.92. The molecule has 0 atom stereocenters. The van der Waals surface area contributed by atoms with Gasteiger partial charge in [0.1, 0.15) is 5.76 Å². The van der Waals surface area contributed by atoms with Gasteiger partial charge in [0.05, 0.1) is 29.4 Å². The summed E-state index contributed by atoms with van der Waals surface area (Å²) in [6.45, 7) is -0.392. The van der Waals surface area contributed by atoms with Gasteiger partial charge in [0.25, 0.3) is 5.91 Å². The van der Waals surface area contributed by atoms with Crippen LogP contribution in [0.5, 0.6) is 5.75 Å². The van der Waals surface area contributed by atoms with Crippen LogP contribution in [0.2, 0.25) is 0 Å². The molecule has 1 amide bonds. The lowest BCUT2D eigenvalue weighted by atomic mass is 10.2. The van der Waals surface area contributed by atoms with E-state index >= 15 is 0 Å². The number of rotatable bonds is 6. The first kappa shape index (κ1) is 20.5. The molecule has 2 aromatic heterocycles. The Morgan fingerprint density at radius 3 is 2.65 bits per heavy atom. The molecular formula is C21H15F4N3O3. The second-order valence-electron chi connectivity index (χ2n) is 6.57. The quantitative estimate of drug-likeness (QED) is 0.442. The van der Waals surface area contributed by atoms with Crippen molar-refractivity contribution in [2.24, 2.45) is 0 Å². The molecule has 0 aliphatic carbocycles. The zero-order chi connectivity index (χ0) is 22.0. The fraction of sp³-hybridized carbons (Fsp3) is 0.143. The highest BCUT2D eigenvalue weighted by Gasteiger charge is 2.31. The Bertz CT molecular complexity index is 1220. The molecule has 31 heavy (non-hydrogen) atoms. The van der Waals surface area contributed by atoms with Crippen LogP contribution in [-0.2, 0) is 17.5 Å². The van der Waals surface area contributed by atoms with E-state index in [4.69, 9.17) is 9.15 Å². The summed E-state index contributed by atoms with van der Waals surface area (Å²) in [5.74, 6) is -0.864. The summed E-state index contributed by atoms with van der Waals surface area (Å²) < 4.78 is 64.8. The molecule has 10 heteroatoms. The maximum absolute atomic E-state index is 13.6. The third-order valence-corrected chi connectivity index (χ3v) is 4.42. The standard InChI is InChI=1S/C21H15F4N3O3/c22-15-5-1-2-6-18(15)31-12-19(29)27-20-26-16-10-13(21(23,24)25)7-8-17(16)28(20)11-14-4-3-9-30-14/h1-10H,11-12H2,(H,26,27,29). The van der Waals surface area contributed by atoms with E-state index in [0.717, 1.165) is 12.1 Å². The lowest BCUT2D eigenvalue weighted by Gasteiger charge is -2.10. The minimum absolute atomic E-state index is 0.00728. The molecule has 0 saturated carbocycles. The van der Waals surface area contributed by atoms with Gasteiger partial charge in [0.15, 0.2) is 18.2 Å². The van der Waals surface area contributed by atoms with E-state index in [9.17, 15) is 22.4 Å². The molecule has 0 unspecified atom stereocenters. The first-order chi connectivity index (χ1) is 14.8. The number of carbonyl (C=O) groups excluding carboxylic acids is 1. The van der Waals surface area contributed by atoms with Crippen molar-refractivity contribution < 1.29 is 31.5 Å². The Morgan fingerprint density at radius 2 is 1.94 bits per heavy atom. The van der Waals surface area contributed by atoms with E-state index in [1.807, 2.05) is 0 Å². The van der Waals surface area contributed by atoms with Gasteiger partial charge >= 0.3 is 6.18 Å². The van der Waals surface area contributed by atoms with Gasteiger partial charge in [-0.25, -0.2) is 9.37 Å². The van der Waals surface area contributed by atoms with Crippen LogP contribution in [0.4, 0.5) is 23.5 Å². The van der Waals surface area contributed by atoms with E-state index in [0.29, 0.717) is 11.3 Å². The van der Waals surface area contributed by atoms with Crippen molar-refractivity contribution in [1.82, 2.24) is 9.55 Å². The van der Waals surface area contributed by atoms with Crippen LogP contribution in [-0.4, -0.2) is 22.1 Å². The molecule has 160 valence electrons. The summed E-state index contributed by atoms with van der Waals surface area (Å²) in [5.41, 5.74) is -0.440. The van der Waals surface area contributed by atoms with Crippen LogP contribution in [0.15, 0.2) is 65.3 Å². The molecule has 0 radical (unpaired) electrons. The van der Waals surface area contributed by atoms with Gasteiger partial charge < -0.3 is 13.7 Å². The summed E-state index contributed by atoms with van der Waals surface area (Å²) in [6.07, 6.45) is -3.08. The van der Waals surface area contributed by atoms with Gasteiger partial charge in [0.2, 0.25) is 5.95 Å². The zero-order valence-corrected chi connectivity index (χ0v) is 15.8. The summed E-state index contributed by atoms with van der Waals surface area (Å²) in [7, 11) is 0. The predicted octanol–water partition coefficient (Wildman–Crippen LogP) is 4.85. The van der Waals surface area contributed by atoms with Gasteiger partial charge in [-0.3, -0.25) is 10.1 Å². The van der Waals surface area contributed by atoms with Gasteiger partial charge in [-0.1, -0.05) is 12.1 Å². The topological polar surface area (TPSA) is 69.3 Å². The molecule has 0 fully saturated rings. The molecule has 0 saturated heterocycles. The Morgan fingerprint density at radius 1 is 1.13 bits per heavy atom. The van der Waals surface area contributed by atoms with Crippen LogP contribution in [0.3, 0.4) is 0 Å². The Kier molecular flexibility index (Phi) is 5.37. The second-order valence-corrected chi connectivity index (χ2v) is 6.57. The summed E-state index contributed by atoms with van der Waals surface area (Å²) in [4.78, 5) is 16.5. The number of fused-ring (bicyclic) bond motifs is 1. The number of anilines is 1. The number of amides is 1. The molecule has 4 aromatic rings. The van der Waals surface area contributed by atoms with Crippen molar-refractivity contribution in [1.29, 1.82) is 0 Å². The molecule has 2 aromatic carbocycles. The zero-order valence-electron chi connectivity index (χ0n) is 15.8. The van der Waals surface area contributed by atoms with E-state index < -0.39 is 30.1 Å². The number of nitrogens with zero attached hydrogens (tertiary/aromatic N) is 2. The number of ether oxygens (including phenoxy) is 1. The van der Waals surface area contributed by atoms with Crippen molar-refractivity contribution in [3.05, 3.63) is 78.0 Å². The number of furan rings is 1. The minimum atomic E-state index is -4.53. The highest BCUT2D eigenvalue weighted by Crippen LogP contribution is 2.32. The average molecular weight is 433 g/mol. The number of benzene rings is 2. The smallest absolute Gasteiger partial charge is 0.416 e. The molecule has 0 aliphatic heterocycles. The van der Waals surface area contributed by atoms with Gasteiger partial charge in [-0.05, 0) is 42.5 Å². The Balaban J connectivity index is 1.61.